The Hall–Kier alpha value is -11.0. The van der Waals surface area contributed by atoms with Gasteiger partial charge in [0.25, 0.3) is 22.9 Å². The maximum atomic E-state index is 13.3. The van der Waals surface area contributed by atoms with Gasteiger partial charge in [-0.1, -0.05) is 104 Å². The molecule has 5 aliphatic heterocycles. The van der Waals surface area contributed by atoms with Gasteiger partial charge in [-0.05, 0) is 209 Å². The number of anilines is 2. The molecule has 0 saturated carbocycles. The van der Waals surface area contributed by atoms with E-state index in [1.165, 1.54) is 78.6 Å². The summed E-state index contributed by atoms with van der Waals surface area (Å²) in [6.07, 6.45) is -2.62. The zero-order valence-electron chi connectivity index (χ0n) is 63.5. The van der Waals surface area contributed by atoms with Crippen molar-refractivity contribution in [2.24, 2.45) is 5.73 Å². The van der Waals surface area contributed by atoms with Gasteiger partial charge in [-0.15, -0.1) is 0 Å². The average Bonchev–Trinajstić information content (AvgIpc) is 0.798. The number of aromatic amines is 2. The standard InChI is InChI=1S/C21H17F4N3O2.C20H22FN3O.C19H18FN3O.C14H14F3NO2.C7H7FN2O.CH4O.CH2O.CH4.Na.H2O/c22-15-5-6-17-16(11-15)19(29)27-18(26-17)14-3-1-12(2-4-14)13-7-9-28(10-8-13)20(30)21(23,24)25;1-24-10-8-14(9-11-24)13-2-4-15(5-3-13)19-22-18-7-6-16(21)12-17(18)20(25)23-19;20-15-5-6-17-16(11-15)19(24)23-18(22-17)14-3-1-12(2-4-14)13-7-9-21-10-8-13;15-14(16,17)13(20)18-7-5-12(6-8-18)11-3-1-10(9-19)2-4-11;8-4-1-2-6(9)5(3-4)7(10)11;2*1-2;;;/h1-6,11,13H,7-10H2,(H,26,27,29);2-7,12,14,19,22H,8-11H2,1H3,(H,23,25);1-6,11,13,21H,7-10H2,(H,22,23,24);1-4,9,12H,5-8H2;1-3H,9H2,(H2,10,11);2H,1H3;1H2;1H4;;1H2/q;;;;;;;;+1;/p-1. The summed E-state index contributed by atoms with van der Waals surface area (Å²) in [5.74, 6) is -4.17. The predicted molar refractivity (Wildman–Crippen MR) is 421 cm³/mol. The van der Waals surface area contributed by atoms with Crippen LogP contribution < -0.4 is 68.1 Å². The molecule has 10 aromatic rings. The van der Waals surface area contributed by atoms with E-state index >= 15 is 0 Å². The quantitative estimate of drug-likeness (QED) is 0.0288. The van der Waals surface area contributed by atoms with Crippen LogP contribution >= 0.6 is 0 Å². The Balaban J connectivity index is 0.000000229. The third kappa shape index (κ3) is 25.5. The number of amides is 4. The Bertz CT molecular complexity index is 5100. The molecule has 22 nitrogen and oxygen atoms in total. The summed E-state index contributed by atoms with van der Waals surface area (Å²) in [4.78, 5) is 106. The Labute approximate surface area is 689 Å². The fourth-order valence-corrected chi connectivity index (χ4v) is 14.0. The van der Waals surface area contributed by atoms with Crippen molar-refractivity contribution in [1.29, 1.82) is 0 Å². The molecule has 8 aromatic carbocycles. The average molecular weight is 1640 g/mol. The molecule has 616 valence electrons. The van der Waals surface area contributed by atoms with E-state index in [9.17, 15) is 77.5 Å². The van der Waals surface area contributed by atoms with Crippen molar-refractivity contribution in [1.82, 2.24) is 45.3 Å². The normalized spacial score (nSPS) is 15.7. The Morgan fingerprint density at radius 3 is 1.26 bits per heavy atom. The minimum Gasteiger partial charge on any atom is -0.870 e. The summed E-state index contributed by atoms with van der Waals surface area (Å²) in [7, 11) is 3.17. The van der Waals surface area contributed by atoms with Gasteiger partial charge in [0.1, 0.15) is 54.2 Å². The van der Waals surface area contributed by atoms with E-state index in [0.29, 0.717) is 82.6 Å². The number of hydrogen-bond acceptors (Lipinski definition) is 16. The van der Waals surface area contributed by atoms with Gasteiger partial charge >= 0.3 is 53.7 Å². The molecular weight excluding hydrogens is 1550 g/mol. The number of rotatable bonds is 9. The van der Waals surface area contributed by atoms with Crippen LogP contribution in [0.4, 0.5) is 55.3 Å². The Morgan fingerprint density at radius 1 is 0.504 bits per heavy atom. The molecule has 4 saturated heterocycles. The fourth-order valence-electron chi connectivity index (χ4n) is 14.0. The van der Waals surface area contributed by atoms with Gasteiger partial charge in [-0.2, -0.15) is 26.3 Å². The van der Waals surface area contributed by atoms with Crippen LogP contribution in [0.2, 0.25) is 0 Å². The minimum atomic E-state index is -4.84. The van der Waals surface area contributed by atoms with Crippen LogP contribution in [-0.2, 0) is 14.4 Å². The minimum absolute atomic E-state index is 0. The van der Waals surface area contributed by atoms with Crippen LogP contribution in [-0.4, -0.2) is 161 Å². The number of aliphatic hydroxyl groups excluding tert-OH is 1. The first kappa shape index (κ1) is 94.9. The number of aliphatic hydroxyl groups is 1. The monoisotopic (exact) mass is 1640 g/mol. The zero-order valence-corrected chi connectivity index (χ0v) is 65.5. The first-order chi connectivity index (χ1) is 54.5. The molecule has 1 atom stereocenters. The summed E-state index contributed by atoms with van der Waals surface area (Å²) in [6, 6.07) is 46.5. The first-order valence-corrected chi connectivity index (χ1v) is 36.4. The number of primary amides is 1. The number of halogens is 10. The summed E-state index contributed by atoms with van der Waals surface area (Å²) in [6.45, 7) is 6.73. The Morgan fingerprint density at radius 2 is 0.863 bits per heavy atom. The molecule has 33 heteroatoms. The van der Waals surface area contributed by atoms with Crippen molar-refractivity contribution >= 4 is 69.9 Å². The van der Waals surface area contributed by atoms with E-state index in [1.807, 2.05) is 43.2 Å². The van der Waals surface area contributed by atoms with Crippen LogP contribution in [0.1, 0.15) is 148 Å². The molecule has 1 unspecified atom stereocenters. The number of benzene rings is 8. The van der Waals surface area contributed by atoms with Crippen molar-refractivity contribution < 1.29 is 113 Å². The van der Waals surface area contributed by atoms with Crippen LogP contribution in [0.15, 0.2) is 179 Å². The summed E-state index contributed by atoms with van der Waals surface area (Å²) < 4.78 is 127. The number of nitrogens with one attached hydrogen (secondary N) is 5. The second-order valence-electron chi connectivity index (χ2n) is 27.4. The van der Waals surface area contributed by atoms with Gasteiger partial charge in [0.15, 0.2) is 0 Å². The van der Waals surface area contributed by atoms with Crippen molar-refractivity contribution in [2.75, 3.05) is 77.6 Å². The molecule has 0 radical (unpaired) electrons. The van der Waals surface area contributed by atoms with Crippen molar-refractivity contribution in [3.05, 3.63) is 258 Å². The number of aldehydes is 1. The first-order valence-electron chi connectivity index (χ1n) is 36.4. The molecule has 117 heavy (non-hydrogen) atoms. The van der Waals surface area contributed by atoms with E-state index in [0.717, 1.165) is 96.6 Å². The number of alkyl halides is 6. The number of fused-ring (bicyclic) bond motifs is 3. The largest absolute Gasteiger partial charge is 1.00 e. The van der Waals surface area contributed by atoms with Gasteiger partial charge in [-0.25, -0.2) is 27.5 Å². The number of carbonyl (C=O) groups excluding carboxylic acids is 6. The van der Waals surface area contributed by atoms with Crippen LogP contribution in [0.3, 0.4) is 0 Å². The van der Waals surface area contributed by atoms with Gasteiger partial charge in [0.2, 0.25) is 0 Å². The fraction of sp³-hybridized carbons (Fsp3) is 0.310. The number of likely N-dealkylation sites (tertiary alicyclic amines) is 3. The number of H-pyrrole nitrogens is 2. The van der Waals surface area contributed by atoms with Gasteiger partial charge in [-0.3, -0.25) is 33.6 Å². The van der Waals surface area contributed by atoms with E-state index < -0.39 is 58.9 Å². The third-order valence-electron chi connectivity index (χ3n) is 20.1. The summed E-state index contributed by atoms with van der Waals surface area (Å²) >= 11 is 0. The molecule has 0 aliphatic carbocycles. The number of nitrogen functional groups attached to an aromatic ring is 1. The van der Waals surface area contributed by atoms with E-state index in [4.69, 9.17) is 21.4 Å². The Kier molecular flexibility index (Phi) is 35.5. The number of nitrogens with two attached hydrogens (primary N) is 2. The van der Waals surface area contributed by atoms with Crippen LogP contribution in [0, 0.1) is 23.3 Å². The molecule has 0 spiro atoms. The molecular formula is C84H89F10N12NaO10. The van der Waals surface area contributed by atoms with E-state index in [-0.39, 0.29) is 120 Å². The molecule has 5 aliphatic rings. The number of nitrogens with zero attached hydrogens (tertiary/aromatic N) is 5. The molecule has 0 bridgehead atoms. The maximum absolute atomic E-state index is 13.3. The number of piperidine rings is 4. The third-order valence-corrected chi connectivity index (χ3v) is 20.1. The molecule has 2 aromatic heterocycles. The molecule has 15 rings (SSSR count). The SMILES string of the molecule is C.C=O.CN1CCC(c2ccc(C3NC(=O)c4cc(F)ccc4N3)cc2)CC1.CO.NC(=O)c1cc(F)ccc1N.O=C(N1CCC(c2ccc(-c3nc4ccc(F)cc4c(=O)[nH]3)cc2)CC1)C(F)(F)F.O=Cc1ccc(C2CCN(C(=O)C(F)(F)F)CC2)cc1.O=c1[nH]c(-c2ccc(C3CCNCC3)cc2)nc2ccc(F)cc12.[Na+].[OH-]. The van der Waals surface area contributed by atoms with E-state index in [2.05, 4.69) is 84.2 Å². The maximum Gasteiger partial charge on any atom is 1.00 e. The number of hydrogen-bond donors (Lipinski definition) is 8. The van der Waals surface area contributed by atoms with Crippen molar-refractivity contribution in [2.45, 2.75) is 101 Å². The van der Waals surface area contributed by atoms with Crippen molar-refractivity contribution in [3.63, 3.8) is 0 Å². The van der Waals surface area contributed by atoms with E-state index in [1.54, 1.807) is 30.3 Å². The molecule has 11 N–H and O–H groups in total. The van der Waals surface area contributed by atoms with Gasteiger partial charge < -0.3 is 67.5 Å². The smallest absolute Gasteiger partial charge is 0.870 e. The second-order valence-corrected chi connectivity index (χ2v) is 27.4. The van der Waals surface area contributed by atoms with Crippen LogP contribution in [0.25, 0.3) is 44.6 Å². The number of carbonyl (C=O) groups is 6. The van der Waals surface area contributed by atoms with Crippen LogP contribution in [0.5, 0.6) is 0 Å². The second kappa shape index (κ2) is 43.8. The van der Waals surface area contributed by atoms with Gasteiger partial charge in [0, 0.05) is 61.4 Å². The summed E-state index contributed by atoms with van der Waals surface area (Å²) in [5.41, 5.74) is 19.3. The van der Waals surface area contributed by atoms with Gasteiger partial charge in [0.05, 0.1) is 32.9 Å². The molecule has 4 fully saturated rings. The topological polar surface area (TPSA) is 342 Å². The predicted octanol–water partition coefficient (Wildman–Crippen LogP) is 10.8. The zero-order chi connectivity index (χ0) is 82.6. The molecule has 4 amide bonds. The summed E-state index contributed by atoms with van der Waals surface area (Å²) in [5, 5.41) is 17.0. The van der Waals surface area contributed by atoms with Crippen molar-refractivity contribution in [3.8, 4) is 22.8 Å². The molecule has 7 heterocycles. The number of aromatic nitrogens is 4.